The van der Waals surface area contributed by atoms with Crippen LogP contribution in [0.2, 0.25) is 0 Å². The Hall–Kier alpha value is -2.63. The van der Waals surface area contributed by atoms with E-state index in [1.165, 1.54) is 0 Å². The minimum absolute atomic E-state index is 0.166. The molecule has 2 N–H and O–H groups in total. The molecule has 106 valence electrons. The number of fused-ring (bicyclic) bond motifs is 1. The van der Waals surface area contributed by atoms with Crippen molar-refractivity contribution < 1.29 is 13.2 Å². The second-order valence-electron chi connectivity index (χ2n) is 4.57. The Morgan fingerprint density at radius 1 is 1.05 bits per heavy atom. The van der Waals surface area contributed by atoms with Gasteiger partial charge in [0.1, 0.15) is 5.82 Å². The molecule has 0 amide bonds. The number of benzene rings is 1. The summed E-state index contributed by atoms with van der Waals surface area (Å²) in [6.07, 6.45) is -1.24. The van der Waals surface area contributed by atoms with Gasteiger partial charge in [0.05, 0.1) is 11.3 Å². The molecular formula is C15H10F3N3. The first-order valence-corrected chi connectivity index (χ1v) is 6.13. The highest BCUT2D eigenvalue weighted by Gasteiger charge is 2.31. The number of pyridine rings is 2. The van der Waals surface area contributed by atoms with Gasteiger partial charge in [-0.25, -0.2) is 4.98 Å². The average Bonchev–Trinajstić information content (AvgIpc) is 2.45. The van der Waals surface area contributed by atoms with Crippen LogP contribution in [0.1, 0.15) is 5.56 Å². The molecule has 0 aliphatic carbocycles. The Morgan fingerprint density at radius 2 is 1.86 bits per heavy atom. The van der Waals surface area contributed by atoms with Crippen molar-refractivity contribution in [3.8, 4) is 11.3 Å². The van der Waals surface area contributed by atoms with Crippen molar-refractivity contribution in [3.63, 3.8) is 0 Å². The minimum Gasteiger partial charge on any atom is -0.384 e. The van der Waals surface area contributed by atoms with E-state index in [1.807, 2.05) is 6.07 Å². The Bertz CT molecular complexity index is 807. The highest BCUT2D eigenvalue weighted by atomic mass is 19.4. The zero-order chi connectivity index (χ0) is 15.0. The van der Waals surface area contributed by atoms with Crippen molar-refractivity contribution in [3.05, 3.63) is 54.4 Å². The van der Waals surface area contributed by atoms with E-state index in [1.54, 1.807) is 30.6 Å². The van der Waals surface area contributed by atoms with Gasteiger partial charge in [-0.2, -0.15) is 13.2 Å². The van der Waals surface area contributed by atoms with E-state index >= 15 is 0 Å². The molecule has 3 nitrogen and oxygen atoms in total. The average molecular weight is 289 g/mol. The molecule has 21 heavy (non-hydrogen) atoms. The van der Waals surface area contributed by atoms with Crippen LogP contribution < -0.4 is 5.73 Å². The van der Waals surface area contributed by atoms with Crippen LogP contribution in [0.15, 0.2) is 48.8 Å². The molecule has 0 fully saturated rings. The molecule has 0 aliphatic heterocycles. The largest absolute Gasteiger partial charge is 0.416 e. The van der Waals surface area contributed by atoms with Gasteiger partial charge in [-0.1, -0.05) is 18.2 Å². The first kappa shape index (κ1) is 13.4. The normalized spacial score (nSPS) is 11.8. The smallest absolute Gasteiger partial charge is 0.384 e. The molecule has 3 rings (SSSR count). The lowest BCUT2D eigenvalue weighted by atomic mass is 10.0. The predicted octanol–water partition coefficient (Wildman–Crippen LogP) is 3.90. The lowest BCUT2D eigenvalue weighted by Crippen LogP contribution is -2.07. The fraction of sp³-hybridized carbons (Fsp3) is 0.0667. The van der Waals surface area contributed by atoms with E-state index in [2.05, 4.69) is 9.97 Å². The van der Waals surface area contributed by atoms with Crippen molar-refractivity contribution >= 4 is 16.6 Å². The number of hydrogen-bond acceptors (Lipinski definition) is 3. The second-order valence-corrected chi connectivity index (χ2v) is 4.57. The molecule has 6 heteroatoms. The molecule has 1 aromatic carbocycles. The molecule has 3 aromatic rings. The molecule has 0 saturated carbocycles. The zero-order valence-corrected chi connectivity index (χ0v) is 10.7. The maximum Gasteiger partial charge on any atom is 0.416 e. The third-order valence-electron chi connectivity index (χ3n) is 3.13. The van der Waals surface area contributed by atoms with Crippen LogP contribution in [-0.4, -0.2) is 9.97 Å². The van der Waals surface area contributed by atoms with Gasteiger partial charge < -0.3 is 5.73 Å². The van der Waals surface area contributed by atoms with Gasteiger partial charge in [0.2, 0.25) is 0 Å². The summed E-state index contributed by atoms with van der Waals surface area (Å²) in [5.41, 5.74) is 5.45. The van der Waals surface area contributed by atoms with Crippen molar-refractivity contribution in [1.82, 2.24) is 9.97 Å². The summed E-state index contributed by atoms with van der Waals surface area (Å²) in [5, 5.41) is 1.60. The molecule has 0 spiro atoms. The SMILES string of the molecule is Nc1cc(C(F)(F)F)cc(-c2cccc3ccncc23)n1. The fourth-order valence-corrected chi connectivity index (χ4v) is 2.19. The van der Waals surface area contributed by atoms with E-state index in [0.717, 1.165) is 22.9 Å². The van der Waals surface area contributed by atoms with Gasteiger partial charge in [-0.3, -0.25) is 4.98 Å². The number of rotatable bonds is 1. The first-order valence-electron chi connectivity index (χ1n) is 6.13. The Labute approximate surface area is 118 Å². The Balaban J connectivity index is 2.26. The van der Waals surface area contributed by atoms with Crippen molar-refractivity contribution in [2.45, 2.75) is 6.18 Å². The quantitative estimate of drug-likeness (QED) is 0.739. The number of nitrogens with two attached hydrogens (primary N) is 1. The zero-order valence-electron chi connectivity index (χ0n) is 10.7. The molecule has 0 saturated heterocycles. The van der Waals surface area contributed by atoms with E-state index in [-0.39, 0.29) is 11.5 Å². The van der Waals surface area contributed by atoms with Crippen LogP contribution >= 0.6 is 0 Å². The minimum atomic E-state index is -4.46. The Morgan fingerprint density at radius 3 is 2.62 bits per heavy atom. The summed E-state index contributed by atoms with van der Waals surface area (Å²) < 4.78 is 38.6. The van der Waals surface area contributed by atoms with Gasteiger partial charge in [-0.05, 0) is 23.6 Å². The van der Waals surface area contributed by atoms with Crippen LogP contribution in [0, 0.1) is 0 Å². The topological polar surface area (TPSA) is 51.8 Å². The summed E-state index contributed by atoms with van der Waals surface area (Å²) >= 11 is 0. The van der Waals surface area contributed by atoms with Crippen LogP contribution in [0.3, 0.4) is 0 Å². The van der Waals surface area contributed by atoms with Gasteiger partial charge in [0, 0.05) is 23.3 Å². The second kappa shape index (κ2) is 4.73. The standard InChI is InChI=1S/C15H10F3N3/c16-15(17,18)10-6-13(21-14(19)7-10)11-3-1-2-9-4-5-20-8-12(9)11/h1-8H,(H2,19,21). The van der Waals surface area contributed by atoms with E-state index in [9.17, 15) is 13.2 Å². The highest BCUT2D eigenvalue weighted by Crippen LogP contribution is 2.34. The molecule has 2 aromatic heterocycles. The van der Waals surface area contributed by atoms with E-state index in [4.69, 9.17) is 5.73 Å². The fourth-order valence-electron chi connectivity index (χ4n) is 2.19. The molecule has 0 atom stereocenters. The molecule has 0 radical (unpaired) electrons. The van der Waals surface area contributed by atoms with Crippen molar-refractivity contribution in [2.24, 2.45) is 0 Å². The number of anilines is 1. The molecular weight excluding hydrogens is 279 g/mol. The first-order chi connectivity index (χ1) is 9.95. The summed E-state index contributed by atoms with van der Waals surface area (Å²) in [6.45, 7) is 0. The number of halogens is 3. The number of nitrogen functional groups attached to an aromatic ring is 1. The van der Waals surface area contributed by atoms with Gasteiger partial charge in [0.15, 0.2) is 0 Å². The summed E-state index contributed by atoms with van der Waals surface area (Å²) in [4.78, 5) is 8.03. The summed E-state index contributed by atoms with van der Waals surface area (Å²) in [6, 6.07) is 8.93. The Kier molecular flexibility index (Phi) is 3.01. The lowest BCUT2D eigenvalue weighted by Gasteiger charge is -2.11. The highest BCUT2D eigenvalue weighted by molar-refractivity contribution is 5.95. The summed E-state index contributed by atoms with van der Waals surface area (Å²) in [7, 11) is 0. The van der Waals surface area contributed by atoms with E-state index in [0.29, 0.717) is 5.56 Å². The number of aromatic nitrogens is 2. The van der Waals surface area contributed by atoms with Crippen LogP contribution in [-0.2, 0) is 6.18 Å². The third-order valence-corrected chi connectivity index (χ3v) is 3.13. The maximum absolute atomic E-state index is 12.9. The maximum atomic E-state index is 12.9. The van der Waals surface area contributed by atoms with Crippen molar-refractivity contribution in [2.75, 3.05) is 5.73 Å². The van der Waals surface area contributed by atoms with Crippen molar-refractivity contribution in [1.29, 1.82) is 0 Å². The number of alkyl halides is 3. The van der Waals surface area contributed by atoms with Crippen LogP contribution in [0.25, 0.3) is 22.0 Å². The number of nitrogens with zero attached hydrogens (tertiary/aromatic N) is 2. The van der Waals surface area contributed by atoms with Gasteiger partial charge in [0.25, 0.3) is 0 Å². The molecule has 0 bridgehead atoms. The number of hydrogen-bond donors (Lipinski definition) is 1. The van der Waals surface area contributed by atoms with E-state index < -0.39 is 11.7 Å². The monoisotopic (exact) mass is 289 g/mol. The molecule has 0 unspecified atom stereocenters. The predicted molar refractivity (Wildman–Crippen MR) is 74.4 cm³/mol. The molecule has 2 heterocycles. The lowest BCUT2D eigenvalue weighted by molar-refractivity contribution is -0.137. The summed E-state index contributed by atoms with van der Waals surface area (Å²) in [5.74, 6) is -0.166. The van der Waals surface area contributed by atoms with Crippen LogP contribution in [0.4, 0.5) is 19.0 Å². The van der Waals surface area contributed by atoms with Crippen LogP contribution in [0.5, 0.6) is 0 Å². The van der Waals surface area contributed by atoms with Gasteiger partial charge in [-0.15, -0.1) is 0 Å². The van der Waals surface area contributed by atoms with Gasteiger partial charge >= 0.3 is 6.18 Å². The third kappa shape index (κ3) is 2.52. The molecule has 0 aliphatic rings.